The number of hydrogen-bond acceptors (Lipinski definition) is 6. The number of para-hydroxylation sites is 3. The number of carbonyl (C=O) groups excluding carboxylic acids is 1. The number of fused-ring (bicyclic) bond motifs is 2. The lowest BCUT2D eigenvalue weighted by Crippen LogP contribution is -2.25. The molecular weight excluding hydrogens is 514 g/mol. The third-order valence-corrected chi connectivity index (χ3v) is 6.88. The van der Waals surface area contributed by atoms with Crippen molar-refractivity contribution in [3.8, 4) is 11.5 Å². The van der Waals surface area contributed by atoms with Crippen LogP contribution in [0.25, 0.3) is 33.4 Å². The van der Waals surface area contributed by atoms with E-state index in [9.17, 15) is 4.79 Å². The summed E-state index contributed by atoms with van der Waals surface area (Å²) >= 11 is 0. The summed E-state index contributed by atoms with van der Waals surface area (Å²) in [5.41, 5.74) is 5.62. The second-order valence-electron chi connectivity index (χ2n) is 9.61. The molecule has 41 heavy (non-hydrogen) atoms. The normalized spacial score (nSPS) is 11.2. The van der Waals surface area contributed by atoms with E-state index < -0.39 is 0 Å². The first-order chi connectivity index (χ1) is 20.2. The standard InChI is InChI=1S/C31H25N9O/c41-31(33-18-29-35-25-6-2-3-7-26(25)36-29)17-21-19-40(27-8-4-1-5-24(21)27)30-14-13-28(37-38-30)34-22-9-11-23(12-10-22)39-16-15-32-20-39/h1-16,19-20H,17-18H2,(H,33,41)(H,34,37)(H,35,36). The number of H-pyrrole nitrogens is 1. The Morgan fingerprint density at radius 1 is 0.902 bits per heavy atom. The van der Waals surface area contributed by atoms with Crippen LogP contribution in [0.5, 0.6) is 0 Å². The number of nitrogens with zero attached hydrogens (tertiary/aromatic N) is 6. The number of nitrogens with one attached hydrogen (secondary N) is 3. The first-order valence-electron chi connectivity index (χ1n) is 13.2. The Labute approximate surface area is 234 Å². The van der Waals surface area contributed by atoms with Gasteiger partial charge in [-0.3, -0.25) is 9.36 Å². The highest BCUT2D eigenvalue weighted by Gasteiger charge is 2.14. The molecule has 0 spiro atoms. The highest BCUT2D eigenvalue weighted by atomic mass is 16.1. The molecule has 0 bridgehead atoms. The number of carbonyl (C=O) groups is 1. The molecule has 0 saturated carbocycles. The van der Waals surface area contributed by atoms with Gasteiger partial charge >= 0.3 is 0 Å². The van der Waals surface area contributed by atoms with E-state index >= 15 is 0 Å². The molecule has 3 N–H and O–H groups in total. The molecule has 0 aliphatic rings. The molecule has 0 radical (unpaired) electrons. The Morgan fingerprint density at radius 3 is 2.56 bits per heavy atom. The summed E-state index contributed by atoms with van der Waals surface area (Å²) < 4.78 is 3.91. The zero-order chi connectivity index (χ0) is 27.6. The van der Waals surface area contributed by atoms with Gasteiger partial charge in [0.15, 0.2) is 11.6 Å². The van der Waals surface area contributed by atoms with Gasteiger partial charge in [0.25, 0.3) is 0 Å². The van der Waals surface area contributed by atoms with Crippen LogP contribution in [0.4, 0.5) is 11.5 Å². The van der Waals surface area contributed by atoms with Gasteiger partial charge < -0.3 is 20.2 Å². The number of aromatic amines is 1. The molecule has 1 amide bonds. The van der Waals surface area contributed by atoms with Crippen LogP contribution in [0.1, 0.15) is 11.4 Å². The van der Waals surface area contributed by atoms with Gasteiger partial charge in [0.05, 0.1) is 35.8 Å². The maximum atomic E-state index is 12.9. The van der Waals surface area contributed by atoms with Gasteiger partial charge in [-0.1, -0.05) is 30.3 Å². The summed E-state index contributed by atoms with van der Waals surface area (Å²) in [7, 11) is 0. The summed E-state index contributed by atoms with van der Waals surface area (Å²) in [6, 6.07) is 27.6. The second kappa shape index (κ2) is 10.4. The molecule has 4 heterocycles. The van der Waals surface area contributed by atoms with Crippen LogP contribution in [0.2, 0.25) is 0 Å². The van der Waals surface area contributed by atoms with Crippen LogP contribution in [-0.2, 0) is 17.8 Å². The van der Waals surface area contributed by atoms with Crippen molar-refractivity contribution in [2.45, 2.75) is 13.0 Å². The van der Waals surface area contributed by atoms with Gasteiger partial charge in [-0.15, -0.1) is 10.2 Å². The molecule has 3 aromatic carbocycles. The Morgan fingerprint density at radius 2 is 1.76 bits per heavy atom. The van der Waals surface area contributed by atoms with Crippen molar-refractivity contribution in [2.24, 2.45) is 0 Å². The third-order valence-electron chi connectivity index (χ3n) is 6.88. The molecular formula is C31H25N9O. The fourth-order valence-electron chi connectivity index (χ4n) is 4.88. The number of benzene rings is 3. The molecule has 0 fully saturated rings. The lowest BCUT2D eigenvalue weighted by atomic mass is 10.1. The SMILES string of the molecule is O=C(Cc1cn(-c2ccc(Nc3ccc(-n4ccnc4)cc3)nn2)c2ccccc12)NCc1nc2ccccc2[nH]1. The fourth-order valence-corrected chi connectivity index (χ4v) is 4.88. The largest absolute Gasteiger partial charge is 0.349 e. The molecule has 10 heteroatoms. The average molecular weight is 540 g/mol. The topological polar surface area (TPSA) is 118 Å². The van der Waals surface area contributed by atoms with Gasteiger partial charge in [0, 0.05) is 35.4 Å². The Kier molecular flexibility index (Phi) is 6.17. The smallest absolute Gasteiger partial charge is 0.224 e. The third kappa shape index (κ3) is 5.01. The van der Waals surface area contributed by atoms with Crippen molar-refractivity contribution in [3.63, 3.8) is 0 Å². The average Bonchev–Trinajstić information content (AvgIpc) is 3.77. The molecule has 7 aromatic rings. The summed E-state index contributed by atoms with van der Waals surface area (Å²) in [6.07, 6.45) is 7.60. The number of aromatic nitrogens is 7. The van der Waals surface area contributed by atoms with Crippen molar-refractivity contribution in [1.29, 1.82) is 0 Å². The quantitative estimate of drug-likeness (QED) is 0.248. The summed E-state index contributed by atoms with van der Waals surface area (Å²) in [5, 5.41) is 16.1. The number of hydrogen-bond donors (Lipinski definition) is 3. The number of imidazole rings is 2. The van der Waals surface area contributed by atoms with Crippen molar-refractivity contribution in [2.75, 3.05) is 5.32 Å². The van der Waals surface area contributed by atoms with E-state index in [0.717, 1.165) is 44.7 Å². The van der Waals surface area contributed by atoms with E-state index in [2.05, 4.69) is 35.8 Å². The van der Waals surface area contributed by atoms with Gasteiger partial charge in [0.2, 0.25) is 5.91 Å². The molecule has 200 valence electrons. The number of amides is 1. The predicted octanol–water partition coefficient (Wildman–Crippen LogP) is 5.09. The fraction of sp³-hybridized carbons (Fsp3) is 0.0645. The van der Waals surface area contributed by atoms with Crippen LogP contribution >= 0.6 is 0 Å². The maximum absolute atomic E-state index is 12.9. The van der Waals surface area contributed by atoms with E-state index in [1.165, 1.54) is 0 Å². The van der Waals surface area contributed by atoms with Gasteiger partial charge in [-0.05, 0) is 60.2 Å². The summed E-state index contributed by atoms with van der Waals surface area (Å²) in [4.78, 5) is 24.8. The molecule has 7 rings (SSSR count). The van der Waals surface area contributed by atoms with Crippen molar-refractivity contribution in [3.05, 3.63) is 121 Å². The molecule has 4 aromatic heterocycles. The zero-order valence-electron chi connectivity index (χ0n) is 21.9. The highest BCUT2D eigenvalue weighted by molar-refractivity contribution is 5.90. The Hall–Kier alpha value is -5.77. The van der Waals surface area contributed by atoms with Crippen LogP contribution in [0, 0.1) is 0 Å². The van der Waals surface area contributed by atoms with Gasteiger partial charge in [-0.2, -0.15) is 0 Å². The predicted molar refractivity (Wildman–Crippen MR) is 157 cm³/mol. The molecule has 0 saturated heterocycles. The second-order valence-corrected chi connectivity index (χ2v) is 9.61. The van der Waals surface area contributed by atoms with Crippen LogP contribution in [0.15, 0.2) is 110 Å². The number of rotatable bonds is 8. The minimum Gasteiger partial charge on any atom is -0.349 e. The molecule has 0 unspecified atom stereocenters. The van der Waals surface area contributed by atoms with Gasteiger partial charge in [0.1, 0.15) is 5.82 Å². The molecule has 0 aliphatic heterocycles. The van der Waals surface area contributed by atoms with Crippen LogP contribution < -0.4 is 10.6 Å². The maximum Gasteiger partial charge on any atom is 0.224 e. The minimum atomic E-state index is -0.0851. The van der Waals surface area contributed by atoms with Crippen molar-refractivity contribution < 1.29 is 4.79 Å². The lowest BCUT2D eigenvalue weighted by Gasteiger charge is -2.08. The summed E-state index contributed by atoms with van der Waals surface area (Å²) in [6.45, 7) is 0.332. The minimum absolute atomic E-state index is 0.0851. The molecule has 0 aliphatic carbocycles. The van der Waals surface area contributed by atoms with Gasteiger partial charge in [-0.25, -0.2) is 9.97 Å². The number of anilines is 2. The van der Waals surface area contributed by atoms with E-state index in [0.29, 0.717) is 18.2 Å². The zero-order valence-corrected chi connectivity index (χ0v) is 21.9. The lowest BCUT2D eigenvalue weighted by molar-refractivity contribution is -0.120. The first-order valence-corrected chi connectivity index (χ1v) is 13.2. The monoisotopic (exact) mass is 539 g/mol. The van der Waals surface area contributed by atoms with Crippen molar-refractivity contribution >= 4 is 39.3 Å². The van der Waals surface area contributed by atoms with E-state index in [1.54, 1.807) is 12.5 Å². The van der Waals surface area contributed by atoms with Crippen LogP contribution in [0.3, 0.4) is 0 Å². The van der Waals surface area contributed by atoms with Crippen LogP contribution in [-0.4, -0.2) is 40.2 Å². The first kappa shape index (κ1) is 24.3. The highest BCUT2D eigenvalue weighted by Crippen LogP contribution is 2.25. The molecule has 10 nitrogen and oxygen atoms in total. The van der Waals surface area contributed by atoms with E-state index in [1.807, 2.05) is 106 Å². The molecule has 0 atom stereocenters. The van der Waals surface area contributed by atoms with E-state index in [4.69, 9.17) is 0 Å². The van der Waals surface area contributed by atoms with Crippen molar-refractivity contribution in [1.82, 2.24) is 39.6 Å². The summed E-state index contributed by atoms with van der Waals surface area (Å²) in [5.74, 6) is 1.93. The Balaban J connectivity index is 1.05. The van der Waals surface area contributed by atoms with E-state index in [-0.39, 0.29) is 12.3 Å². The Bertz CT molecular complexity index is 1920.